The van der Waals surface area contributed by atoms with Crippen LogP contribution in [-0.2, 0) is 0 Å². The van der Waals surface area contributed by atoms with Gasteiger partial charge in [0.05, 0.1) is 0 Å². The molecule has 0 fully saturated rings. The van der Waals surface area contributed by atoms with Gasteiger partial charge in [0.25, 0.3) is 0 Å². The van der Waals surface area contributed by atoms with E-state index in [-0.39, 0.29) is 5.78 Å². The van der Waals surface area contributed by atoms with Gasteiger partial charge in [0, 0.05) is 25.3 Å². The summed E-state index contributed by atoms with van der Waals surface area (Å²) in [7, 11) is 3.87. The summed E-state index contributed by atoms with van der Waals surface area (Å²) < 4.78 is 0. The van der Waals surface area contributed by atoms with Gasteiger partial charge in [-0.15, -0.1) is 0 Å². The average molecular weight is 193 g/mol. The number of carbonyl (C=O) groups excluding carboxylic acids is 1. The Morgan fingerprint density at radius 3 is 2.14 bits per heavy atom. The van der Waals surface area contributed by atoms with Gasteiger partial charge in [-0.1, -0.05) is 0 Å². The molecule has 0 spiro atoms. The fraction of sp³-hybridized carbons (Fsp3) is 0.364. The Bertz CT molecular complexity index is 315. The normalized spacial score (nSPS) is 12.3. The maximum absolute atomic E-state index is 11.4. The molecule has 0 heterocycles. The van der Waals surface area contributed by atoms with E-state index in [0.29, 0.717) is 5.56 Å². The zero-order chi connectivity index (χ0) is 10.7. The lowest BCUT2D eigenvalue weighted by Crippen LogP contribution is -2.16. The molecule has 1 aromatic carbocycles. The smallest absolute Gasteiger partial charge is 0.190 e. The fourth-order valence-corrected chi connectivity index (χ4v) is 1.17. The van der Waals surface area contributed by atoms with E-state index < -0.39 is 6.10 Å². The molecule has 1 atom stereocenters. The van der Waals surface area contributed by atoms with Crippen LogP contribution in [0, 0.1) is 0 Å². The molecule has 0 amide bonds. The highest BCUT2D eigenvalue weighted by molar-refractivity contribution is 5.99. The number of carbonyl (C=O) groups is 1. The summed E-state index contributed by atoms with van der Waals surface area (Å²) in [4.78, 5) is 13.3. The van der Waals surface area contributed by atoms with Crippen LogP contribution in [0.4, 0.5) is 5.69 Å². The average Bonchev–Trinajstić information content (AvgIpc) is 2.16. The van der Waals surface area contributed by atoms with Gasteiger partial charge in [-0.05, 0) is 31.2 Å². The third-order valence-electron chi connectivity index (χ3n) is 2.05. The van der Waals surface area contributed by atoms with Gasteiger partial charge in [0.2, 0.25) is 0 Å². The number of rotatable bonds is 3. The Hall–Kier alpha value is -1.35. The lowest BCUT2D eigenvalue weighted by Gasteiger charge is -2.12. The second-order valence-electron chi connectivity index (χ2n) is 3.48. The molecule has 0 aliphatic heterocycles. The largest absolute Gasteiger partial charge is 0.385 e. The number of benzene rings is 1. The molecule has 1 unspecified atom stereocenters. The zero-order valence-corrected chi connectivity index (χ0v) is 8.69. The minimum Gasteiger partial charge on any atom is -0.385 e. The van der Waals surface area contributed by atoms with Crippen molar-refractivity contribution >= 4 is 11.5 Å². The van der Waals surface area contributed by atoms with Crippen LogP contribution in [0.2, 0.25) is 0 Å². The van der Waals surface area contributed by atoms with Crippen LogP contribution in [-0.4, -0.2) is 31.1 Å². The molecule has 3 nitrogen and oxygen atoms in total. The van der Waals surface area contributed by atoms with Crippen LogP contribution in [0.15, 0.2) is 24.3 Å². The molecular formula is C11H15NO2. The first-order valence-electron chi connectivity index (χ1n) is 4.52. The highest BCUT2D eigenvalue weighted by Gasteiger charge is 2.11. The minimum absolute atomic E-state index is 0.240. The summed E-state index contributed by atoms with van der Waals surface area (Å²) >= 11 is 0. The standard InChI is InChI=1S/C11H15NO2/c1-8(13)11(14)9-4-6-10(7-5-9)12(2)3/h4-8,13H,1-3H3. The lowest BCUT2D eigenvalue weighted by atomic mass is 10.1. The Labute approximate surface area is 84.0 Å². The van der Waals surface area contributed by atoms with E-state index in [9.17, 15) is 4.79 Å². The van der Waals surface area contributed by atoms with Crippen LogP contribution < -0.4 is 4.90 Å². The predicted octanol–water partition coefficient (Wildman–Crippen LogP) is 1.32. The Morgan fingerprint density at radius 1 is 1.29 bits per heavy atom. The van der Waals surface area contributed by atoms with Gasteiger partial charge in [-0.25, -0.2) is 0 Å². The maximum Gasteiger partial charge on any atom is 0.190 e. The molecule has 3 heteroatoms. The molecule has 14 heavy (non-hydrogen) atoms. The van der Waals surface area contributed by atoms with Crippen LogP contribution in [0.25, 0.3) is 0 Å². The molecule has 1 N–H and O–H groups in total. The van der Waals surface area contributed by atoms with Crippen molar-refractivity contribution in [3.8, 4) is 0 Å². The molecule has 76 valence electrons. The van der Waals surface area contributed by atoms with Crippen molar-refractivity contribution in [3.63, 3.8) is 0 Å². The van der Waals surface area contributed by atoms with E-state index in [1.807, 2.05) is 31.1 Å². The Kier molecular flexibility index (Phi) is 3.25. The number of hydrogen-bond acceptors (Lipinski definition) is 3. The van der Waals surface area contributed by atoms with Crippen molar-refractivity contribution in [3.05, 3.63) is 29.8 Å². The van der Waals surface area contributed by atoms with Crippen molar-refractivity contribution in [2.75, 3.05) is 19.0 Å². The van der Waals surface area contributed by atoms with Crippen LogP contribution in [0.3, 0.4) is 0 Å². The number of aliphatic hydroxyl groups excluding tert-OH is 1. The number of anilines is 1. The van der Waals surface area contributed by atoms with Gasteiger partial charge in [0.15, 0.2) is 5.78 Å². The van der Waals surface area contributed by atoms with E-state index >= 15 is 0 Å². The first-order valence-corrected chi connectivity index (χ1v) is 4.52. The fourth-order valence-electron chi connectivity index (χ4n) is 1.17. The summed E-state index contributed by atoms with van der Waals surface area (Å²) in [6.07, 6.45) is -0.930. The summed E-state index contributed by atoms with van der Waals surface area (Å²) in [6.45, 7) is 1.47. The number of ketones is 1. The van der Waals surface area contributed by atoms with Gasteiger partial charge in [-0.3, -0.25) is 4.79 Å². The van der Waals surface area contributed by atoms with Crippen LogP contribution >= 0.6 is 0 Å². The van der Waals surface area contributed by atoms with E-state index in [4.69, 9.17) is 5.11 Å². The predicted molar refractivity (Wildman–Crippen MR) is 56.8 cm³/mol. The highest BCUT2D eigenvalue weighted by Crippen LogP contribution is 2.13. The lowest BCUT2D eigenvalue weighted by molar-refractivity contribution is 0.0779. The second-order valence-corrected chi connectivity index (χ2v) is 3.48. The molecule has 1 aromatic rings. The van der Waals surface area contributed by atoms with Crippen LogP contribution in [0.1, 0.15) is 17.3 Å². The van der Waals surface area contributed by atoms with Gasteiger partial charge >= 0.3 is 0 Å². The molecule has 0 aliphatic rings. The number of Topliss-reactive ketones (excluding diaryl/α,β-unsaturated/α-hetero) is 1. The van der Waals surface area contributed by atoms with Crippen molar-refractivity contribution in [1.82, 2.24) is 0 Å². The molecule has 1 rings (SSSR count). The van der Waals surface area contributed by atoms with E-state index in [1.165, 1.54) is 6.92 Å². The van der Waals surface area contributed by atoms with Crippen molar-refractivity contribution < 1.29 is 9.90 Å². The van der Waals surface area contributed by atoms with E-state index in [1.54, 1.807) is 12.1 Å². The third-order valence-corrected chi connectivity index (χ3v) is 2.05. The highest BCUT2D eigenvalue weighted by atomic mass is 16.3. The molecule has 0 saturated carbocycles. The summed E-state index contributed by atoms with van der Waals surface area (Å²) in [5.74, 6) is -0.240. The molecule has 0 radical (unpaired) electrons. The van der Waals surface area contributed by atoms with Gasteiger partial charge in [-0.2, -0.15) is 0 Å². The van der Waals surface area contributed by atoms with Gasteiger partial charge < -0.3 is 10.0 Å². The maximum atomic E-state index is 11.4. The first-order chi connectivity index (χ1) is 6.52. The third kappa shape index (κ3) is 2.33. The quantitative estimate of drug-likeness (QED) is 0.736. The van der Waals surface area contributed by atoms with Crippen molar-refractivity contribution in [2.45, 2.75) is 13.0 Å². The van der Waals surface area contributed by atoms with Crippen LogP contribution in [0.5, 0.6) is 0 Å². The SMILES string of the molecule is CC(O)C(=O)c1ccc(N(C)C)cc1. The van der Waals surface area contributed by atoms with E-state index in [2.05, 4.69) is 0 Å². The number of aliphatic hydroxyl groups is 1. The van der Waals surface area contributed by atoms with Crippen molar-refractivity contribution in [1.29, 1.82) is 0 Å². The van der Waals surface area contributed by atoms with Gasteiger partial charge in [0.1, 0.15) is 6.10 Å². The molecule has 0 aliphatic carbocycles. The summed E-state index contributed by atoms with van der Waals surface area (Å²) in [6, 6.07) is 7.17. The van der Waals surface area contributed by atoms with Crippen molar-refractivity contribution in [2.24, 2.45) is 0 Å². The number of hydrogen-bond donors (Lipinski definition) is 1. The molecule has 0 saturated heterocycles. The topological polar surface area (TPSA) is 40.5 Å². The number of nitrogens with zero attached hydrogens (tertiary/aromatic N) is 1. The van der Waals surface area contributed by atoms with E-state index in [0.717, 1.165) is 5.69 Å². The monoisotopic (exact) mass is 193 g/mol. The molecular weight excluding hydrogens is 178 g/mol. The molecule has 0 aromatic heterocycles. The summed E-state index contributed by atoms with van der Waals surface area (Å²) in [5, 5.41) is 9.09. The Morgan fingerprint density at radius 2 is 1.79 bits per heavy atom. The Balaban J connectivity index is 2.89. The first kappa shape index (κ1) is 10.7. The zero-order valence-electron chi connectivity index (χ0n) is 8.69. The second kappa shape index (κ2) is 4.24. The minimum atomic E-state index is -0.930. The summed E-state index contributed by atoms with van der Waals surface area (Å²) in [5.41, 5.74) is 1.58. The molecule has 0 bridgehead atoms.